The van der Waals surface area contributed by atoms with E-state index >= 15 is 0 Å². The van der Waals surface area contributed by atoms with Crippen LogP contribution in [0.2, 0.25) is 10.0 Å². The molecule has 4 heteroatoms. The van der Waals surface area contributed by atoms with E-state index in [1.165, 1.54) is 0 Å². The maximum Gasteiger partial charge on any atom is 0.0828 e. The standard InChI is InChI=1S/C15H23Cl2NO/c1-5-15(6-2,19-4)13(18-3)10-11-8-7-9-12(16)14(11)17/h7-9,13,18H,5-6,10H2,1-4H3. The van der Waals surface area contributed by atoms with Crippen molar-refractivity contribution in [2.24, 2.45) is 0 Å². The molecule has 2 nitrogen and oxygen atoms in total. The average molecular weight is 304 g/mol. The summed E-state index contributed by atoms with van der Waals surface area (Å²) in [7, 11) is 3.74. The molecule has 0 amide bonds. The molecule has 1 aromatic carbocycles. The second kappa shape index (κ2) is 7.49. The highest BCUT2D eigenvalue weighted by Gasteiger charge is 2.35. The molecule has 1 N–H and O–H groups in total. The van der Waals surface area contributed by atoms with Crippen LogP contribution in [-0.2, 0) is 11.2 Å². The van der Waals surface area contributed by atoms with E-state index in [2.05, 4.69) is 19.2 Å². The highest BCUT2D eigenvalue weighted by atomic mass is 35.5. The molecule has 1 atom stereocenters. The molecular weight excluding hydrogens is 281 g/mol. The van der Waals surface area contributed by atoms with Crippen molar-refractivity contribution in [3.05, 3.63) is 33.8 Å². The van der Waals surface area contributed by atoms with E-state index in [1.807, 2.05) is 25.2 Å². The Hall–Kier alpha value is -0.280. The van der Waals surface area contributed by atoms with Crippen molar-refractivity contribution < 1.29 is 4.74 Å². The van der Waals surface area contributed by atoms with Crippen molar-refractivity contribution in [1.82, 2.24) is 5.32 Å². The summed E-state index contributed by atoms with van der Waals surface area (Å²) in [6, 6.07) is 5.96. The van der Waals surface area contributed by atoms with Crippen LogP contribution in [0.15, 0.2) is 18.2 Å². The Morgan fingerprint density at radius 1 is 1.26 bits per heavy atom. The Morgan fingerprint density at radius 2 is 1.89 bits per heavy atom. The Labute approximate surface area is 126 Å². The molecule has 0 saturated carbocycles. The number of rotatable bonds is 7. The van der Waals surface area contributed by atoms with E-state index in [4.69, 9.17) is 27.9 Å². The Bertz CT molecular complexity index is 397. The molecule has 0 bridgehead atoms. The summed E-state index contributed by atoms with van der Waals surface area (Å²) >= 11 is 12.3. The largest absolute Gasteiger partial charge is 0.377 e. The van der Waals surface area contributed by atoms with Gasteiger partial charge in [-0.3, -0.25) is 0 Å². The van der Waals surface area contributed by atoms with Crippen LogP contribution in [0.5, 0.6) is 0 Å². The van der Waals surface area contributed by atoms with E-state index < -0.39 is 0 Å². The second-order valence-corrected chi connectivity index (χ2v) is 5.52. The predicted molar refractivity (Wildman–Crippen MR) is 83.3 cm³/mol. The topological polar surface area (TPSA) is 21.3 Å². The number of ether oxygens (including phenoxy) is 1. The third-order valence-electron chi connectivity index (χ3n) is 4.04. The Kier molecular flexibility index (Phi) is 6.61. The quantitative estimate of drug-likeness (QED) is 0.809. The van der Waals surface area contributed by atoms with Gasteiger partial charge in [-0.05, 0) is 37.9 Å². The Morgan fingerprint density at radius 3 is 2.37 bits per heavy atom. The first-order valence-corrected chi connectivity index (χ1v) is 7.45. The number of likely N-dealkylation sites (N-methyl/N-ethyl adjacent to an activating group) is 1. The van der Waals surface area contributed by atoms with E-state index in [9.17, 15) is 0 Å². The first-order chi connectivity index (χ1) is 9.04. The minimum atomic E-state index is -0.180. The lowest BCUT2D eigenvalue weighted by Gasteiger charge is -2.38. The number of benzene rings is 1. The molecule has 0 radical (unpaired) electrons. The van der Waals surface area contributed by atoms with Crippen molar-refractivity contribution in [3.63, 3.8) is 0 Å². The van der Waals surface area contributed by atoms with E-state index in [0.29, 0.717) is 10.0 Å². The third-order valence-corrected chi connectivity index (χ3v) is 4.90. The van der Waals surface area contributed by atoms with Crippen molar-refractivity contribution in [2.45, 2.75) is 44.8 Å². The highest BCUT2D eigenvalue weighted by molar-refractivity contribution is 6.42. The molecule has 0 saturated heterocycles. The lowest BCUT2D eigenvalue weighted by molar-refractivity contribution is -0.0454. The maximum atomic E-state index is 6.27. The van der Waals surface area contributed by atoms with Crippen molar-refractivity contribution in [3.8, 4) is 0 Å². The monoisotopic (exact) mass is 303 g/mol. The van der Waals surface area contributed by atoms with Gasteiger partial charge >= 0.3 is 0 Å². The van der Waals surface area contributed by atoms with Gasteiger partial charge in [0.1, 0.15) is 0 Å². The highest BCUT2D eigenvalue weighted by Crippen LogP contribution is 2.31. The molecule has 0 spiro atoms. The minimum Gasteiger partial charge on any atom is -0.377 e. The van der Waals surface area contributed by atoms with Gasteiger partial charge in [0.25, 0.3) is 0 Å². The Balaban J connectivity index is 3.02. The number of hydrogen-bond donors (Lipinski definition) is 1. The first kappa shape index (κ1) is 16.8. The zero-order chi connectivity index (χ0) is 14.5. The molecule has 19 heavy (non-hydrogen) atoms. The van der Waals surface area contributed by atoms with Gasteiger partial charge in [0.05, 0.1) is 15.6 Å². The van der Waals surface area contributed by atoms with Gasteiger partial charge in [-0.25, -0.2) is 0 Å². The molecule has 1 aromatic rings. The van der Waals surface area contributed by atoms with Gasteiger partial charge in [0.2, 0.25) is 0 Å². The minimum absolute atomic E-state index is 0.180. The van der Waals surface area contributed by atoms with Crippen LogP contribution in [0.3, 0.4) is 0 Å². The van der Waals surface area contributed by atoms with Crippen LogP contribution >= 0.6 is 23.2 Å². The van der Waals surface area contributed by atoms with E-state index in [1.54, 1.807) is 7.11 Å². The van der Waals surface area contributed by atoms with Crippen molar-refractivity contribution in [2.75, 3.05) is 14.2 Å². The zero-order valence-corrected chi connectivity index (χ0v) is 13.6. The summed E-state index contributed by atoms with van der Waals surface area (Å²) in [6.45, 7) is 4.30. The normalized spacial score (nSPS) is 13.6. The smallest absolute Gasteiger partial charge is 0.0828 e. The van der Waals surface area contributed by atoms with Gasteiger partial charge in [0, 0.05) is 13.2 Å². The van der Waals surface area contributed by atoms with Gasteiger partial charge in [-0.2, -0.15) is 0 Å². The fraction of sp³-hybridized carbons (Fsp3) is 0.600. The average Bonchev–Trinajstić information content (AvgIpc) is 2.44. The zero-order valence-electron chi connectivity index (χ0n) is 12.1. The number of nitrogens with one attached hydrogen (secondary N) is 1. The van der Waals surface area contributed by atoms with Crippen molar-refractivity contribution >= 4 is 23.2 Å². The summed E-state index contributed by atoms with van der Waals surface area (Å²) in [5, 5.41) is 4.61. The van der Waals surface area contributed by atoms with Gasteiger partial charge in [-0.15, -0.1) is 0 Å². The second-order valence-electron chi connectivity index (χ2n) is 4.73. The lowest BCUT2D eigenvalue weighted by Crippen LogP contribution is -2.51. The van der Waals surface area contributed by atoms with E-state index in [-0.39, 0.29) is 11.6 Å². The summed E-state index contributed by atoms with van der Waals surface area (Å²) in [6.07, 6.45) is 2.69. The van der Waals surface area contributed by atoms with Gasteiger partial charge in [-0.1, -0.05) is 49.2 Å². The molecular formula is C15H23Cl2NO. The number of methoxy groups -OCH3 is 1. The number of halogens is 2. The molecule has 1 rings (SSSR count). The summed E-state index contributed by atoms with van der Waals surface area (Å²) < 4.78 is 5.79. The van der Waals surface area contributed by atoms with Gasteiger partial charge in [0.15, 0.2) is 0 Å². The molecule has 0 aliphatic rings. The fourth-order valence-corrected chi connectivity index (χ4v) is 3.05. The van der Waals surface area contributed by atoms with Crippen LogP contribution in [0, 0.1) is 0 Å². The molecule has 0 aromatic heterocycles. The van der Waals surface area contributed by atoms with Crippen LogP contribution in [-0.4, -0.2) is 25.8 Å². The first-order valence-electron chi connectivity index (χ1n) is 6.69. The number of hydrogen-bond acceptors (Lipinski definition) is 2. The van der Waals surface area contributed by atoms with Crippen LogP contribution in [0.1, 0.15) is 32.3 Å². The molecule has 0 fully saturated rings. The molecule has 1 unspecified atom stereocenters. The van der Waals surface area contributed by atoms with Crippen molar-refractivity contribution in [1.29, 1.82) is 0 Å². The van der Waals surface area contributed by atoms with Crippen LogP contribution in [0.4, 0.5) is 0 Å². The lowest BCUT2D eigenvalue weighted by atomic mass is 9.84. The van der Waals surface area contributed by atoms with Crippen LogP contribution < -0.4 is 5.32 Å². The molecule has 0 heterocycles. The maximum absolute atomic E-state index is 6.27. The SMILES string of the molecule is CCC(CC)(OC)C(Cc1cccc(Cl)c1Cl)NC. The fourth-order valence-electron chi connectivity index (χ4n) is 2.65. The molecule has 108 valence electrons. The predicted octanol–water partition coefficient (Wildman–Crippen LogP) is 4.33. The molecule has 0 aliphatic carbocycles. The third kappa shape index (κ3) is 3.63. The summed E-state index contributed by atoms with van der Waals surface area (Å²) in [4.78, 5) is 0. The molecule has 0 aliphatic heterocycles. The van der Waals surface area contributed by atoms with Crippen LogP contribution in [0.25, 0.3) is 0 Å². The van der Waals surface area contributed by atoms with E-state index in [0.717, 1.165) is 24.8 Å². The summed E-state index contributed by atoms with van der Waals surface area (Å²) in [5.41, 5.74) is 0.872. The summed E-state index contributed by atoms with van der Waals surface area (Å²) in [5.74, 6) is 0. The van der Waals surface area contributed by atoms with Gasteiger partial charge < -0.3 is 10.1 Å².